The fourth-order valence-electron chi connectivity index (χ4n) is 1.65. The van der Waals surface area contributed by atoms with Crippen molar-refractivity contribution in [2.45, 2.75) is 20.8 Å². The Bertz CT molecular complexity index is 409. The van der Waals surface area contributed by atoms with E-state index in [-0.39, 0.29) is 5.92 Å². The molecule has 1 aromatic rings. The lowest BCUT2D eigenvalue weighted by atomic mass is 10.1. The summed E-state index contributed by atoms with van der Waals surface area (Å²) in [5.41, 5.74) is 6.81. The van der Waals surface area contributed by atoms with Gasteiger partial charge in [0.25, 0.3) is 0 Å². The van der Waals surface area contributed by atoms with Gasteiger partial charge in [-0.1, -0.05) is 19.1 Å². The molecule has 0 aliphatic carbocycles. The molecule has 0 bridgehead atoms. The number of nitrogens with two attached hydrogens (primary N) is 1. The first-order chi connectivity index (χ1) is 7.95. The van der Waals surface area contributed by atoms with E-state index >= 15 is 0 Å². The van der Waals surface area contributed by atoms with Crippen LogP contribution in [0.3, 0.4) is 0 Å². The highest BCUT2D eigenvalue weighted by molar-refractivity contribution is 9.10. The third-order valence-corrected chi connectivity index (χ3v) is 3.51. The standard InChI is InChI=1S/C12H18BrN3S/c1-4-16(7-9(3)11(14)17)12-8(2)5-10(13)6-15-12/h5-6,9H,4,7H2,1-3H3,(H2,14,17). The maximum atomic E-state index is 5.66. The van der Waals surface area contributed by atoms with Crippen molar-refractivity contribution >= 4 is 39.0 Å². The number of anilines is 1. The average Bonchev–Trinajstić information content (AvgIpc) is 2.26. The van der Waals surface area contributed by atoms with E-state index in [0.717, 1.165) is 28.9 Å². The van der Waals surface area contributed by atoms with Crippen LogP contribution < -0.4 is 10.6 Å². The SMILES string of the molecule is CCN(CC(C)C(N)=S)c1ncc(Br)cc1C. The summed E-state index contributed by atoms with van der Waals surface area (Å²) in [5, 5.41) is 0. The zero-order chi connectivity index (χ0) is 13.0. The Kier molecular flexibility index (Phi) is 5.33. The van der Waals surface area contributed by atoms with Crippen molar-refractivity contribution in [2.24, 2.45) is 11.7 Å². The van der Waals surface area contributed by atoms with Gasteiger partial charge in [0, 0.05) is 29.7 Å². The summed E-state index contributed by atoms with van der Waals surface area (Å²) in [5.74, 6) is 1.19. The zero-order valence-electron chi connectivity index (χ0n) is 10.4. The van der Waals surface area contributed by atoms with Crippen LogP contribution in [0.2, 0.25) is 0 Å². The zero-order valence-corrected chi connectivity index (χ0v) is 12.8. The smallest absolute Gasteiger partial charge is 0.131 e. The van der Waals surface area contributed by atoms with Gasteiger partial charge < -0.3 is 10.6 Å². The summed E-state index contributed by atoms with van der Waals surface area (Å²) in [4.78, 5) is 7.21. The van der Waals surface area contributed by atoms with Crippen LogP contribution in [0.4, 0.5) is 5.82 Å². The molecular weight excluding hydrogens is 298 g/mol. The predicted octanol–water partition coefficient (Wildman–Crippen LogP) is 2.90. The van der Waals surface area contributed by atoms with E-state index in [0.29, 0.717) is 4.99 Å². The van der Waals surface area contributed by atoms with E-state index in [4.69, 9.17) is 18.0 Å². The Hall–Kier alpha value is -0.680. The first-order valence-corrected chi connectivity index (χ1v) is 6.82. The van der Waals surface area contributed by atoms with Gasteiger partial charge in [-0.3, -0.25) is 0 Å². The van der Waals surface area contributed by atoms with Crippen LogP contribution in [0.1, 0.15) is 19.4 Å². The number of nitrogens with zero attached hydrogens (tertiary/aromatic N) is 2. The Labute approximate surface area is 117 Å². The van der Waals surface area contributed by atoms with Crippen molar-refractivity contribution in [3.8, 4) is 0 Å². The minimum atomic E-state index is 0.190. The molecule has 0 aliphatic rings. The van der Waals surface area contributed by atoms with Crippen molar-refractivity contribution in [3.05, 3.63) is 22.3 Å². The number of pyridine rings is 1. The van der Waals surface area contributed by atoms with E-state index in [2.05, 4.69) is 45.7 Å². The molecule has 0 radical (unpaired) electrons. The molecule has 0 fully saturated rings. The number of aromatic nitrogens is 1. The highest BCUT2D eigenvalue weighted by atomic mass is 79.9. The highest BCUT2D eigenvalue weighted by Crippen LogP contribution is 2.21. The lowest BCUT2D eigenvalue weighted by Crippen LogP contribution is -2.34. The Morgan fingerprint density at radius 2 is 2.29 bits per heavy atom. The molecule has 94 valence electrons. The molecule has 1 unspecified atom stereocenters. The molecule has 1 atom stereocenters. The molecule has 0 saturated heterocycles. The lowest BCUT2D eigenvalue weighted by Gasteiger charge is -2.26. The summed E-state index contributed by atoms with van der Waals surface area (Å²) in [6.07, 6.45) is 1.82. The summed E-state index contributed by atoms with van der Waals surface area (Å²) in [6, 6.07) is 2.07. The van der Waals surface area contributed by atoms with E-state index in [1.165, 1.54) is 0 Å². The molecule has 1 rings (SSSR count). The van der Waals surface area contributed by atoms with Gasteiger partial charge in [0.15, 0.2) is 0 Å². The molecule has 0 aliphatic heterocycles. The second kappa shape index (κ2) is 6.31. The molecule has 2 N–H and O–H groups in total. The van der Waals surface area contributed by atoms with Gasteiger partial charge >= 0.3 is 0 Å². The molecule has 1 aromatic heterocycles. The van der Waals surface area contributed by atoms with Crippen LogP contribution in [0.5, 0.6) is 0 Å². The first-order valence-electron chi connectivity index (χ1n) is 5.62. The van der Waals surface area contributed by atoms with E-state index in [1.807, 2.05) is 13.1 Å². The fraction of sp³-hybridized carbons (Fsp3) is 0.500. The number of aryl methyl sites for hydroxylation is 1. The third-order valence-electron chi connectivity index (χ3n) is 2.68. The second-order valence-corrected chi connectivity index (χ2v) is 5.52. The van der Waals surface area contributed by atoms with Crippen LogP contribution in [0, 0.1) is 12.8 Å². The lowest BCUT2D eigenvalue weighted by molar-refractivity contribution is 0.698. The average molecular weight is 316 g/mol. The normalized spacial score (nSPS) is 12.2. The summed E-state index contributed by atoms with van der Waals surface area (Å²) in [6.45, 7) is 7.90. The van der Waals surface area contributed by atoms with E-state index in [9.17, 15) is 0 Å². The summed E-state index contributed by atoms with van der Waals surface area (Å²) in [7, 11) is 0. The van der Waals surface area contributed by atoms with Crippen molar-refractivity contribution in [2.75, 3.05) is 18.0 Å². The number of hydrogen-bond acceptors (Lipinski definition) is 3. The number of rotatable bonds is 5. The molecule has 5 heteroatoms. The quantitative estimate of drug-likeness (QED) is 0.848. The van der Waals surface area contributed by atoms with Crippen molar-refractivity contribution in [3.63, 3.8) is 0 Å². The van der Waals surface area contributed by atoms with Gasteiger partial charge in [0.1, 0.15) is 5.82 Å². The minimum Gasteiger partial charge on any atom is -0.393 e. The Morgan fingerprint density at radius 1 is 1.65 bits per heavy atom. The number of hydrogen-bond donors (Lipinski definition) is 1. The molecule has 17 heavy (non-hydrogen) atoms. The van der Waals surface area contributed by atoms with Gasteiger partial charge in [-0.15, -0.1) is 0 Å². The predicted molar refractivity (Wildman–Crippen MR) is 80.5 cm³/mol. The first kappa shape index (κ1) is 14.4. The topological polar surface area (TPSA) is 42.1 Å². The fourth-order valence-corrected chi connectivity index (χ4v) is 2.17. The molecule has 0 saturated carbocycles. The molecule has 0 aromatic carbocycles. The molecule has 0 amide bonds. The van der Waals surface area contributed by atoms with Gasteiger partial charge in [-0.2, -0.15) is 0 Å². The Balaban J connectivity index is 2.90. The number of halogens is 1. The Morgan fingerprint density at radius 3 is 2.76 bits per heavy atom. The minimum absolute atomic E-state index is 0.190. The summed E-state index contributed by atoms with van der Waals surface area (Å²) < 4.78 is 0.997. The van der Waals surface area contributed by atoms with Crippen LogP contribution in [-0.2, 0) is 0 Å². The van der Waals surface area contributed by atoms with Crippen LogP contribution >= 0.6 is 28.1 Å². The molecule has 1 heterocycles. The van der Waals surface area contributed by atoms with Crippen molar-refractivity contribution < 1.29 is 0 Å². The third kappa shape index (κ3) is 3.92. The largest absolute Gasteiger partial charge is 0.393 e. The van der Waals surface area contributed by atoms with Gasteiger partial charge in [-0.05, 0) is 41.4 Å². The van der Waals surface area contributed by atoms with Crippen LogP contribution in [0.15, 0.2) is 16.7 Å². The van der Waals surface area contributed by atoms with Crippen LogP contribution in [-0.4, -0.2) is 23.1 Å². The highest BCUT2D eigenvalue weighted by Gasteiger charge is 2.14. The van der Waals surface area contributed by atoms with E-state index < -0.39 is 0 Å². The molecule has 0 spiro atoms. The van der Waals surface area contributed by atoms with Crippen molar-refractivity contribution in [1.29, 1.82) is 0 Å². The van der Waals surface area contributed by atoms with Gasteiger partial charge in [-0.25, -0.2) is 4.98 Å². The maximum absolute atomic E-state index is 5.66. The van der Waals surface area contributed by atoms with E-state index in [1.54, 1.807) is 0 Å². The molecule has 3 nitrogen and oxygen atoms in total. The van der Waals surface area contributed by atoms with Crippen molar-refractivity contribution in [1.82, 2.24) is 4.98 Å². The summed E-state index contributed by atoms with van der Waals surface area (Å²) >= 11 is 8.43. The number of thiocarbonyl (C=S) groups is 1. The van der Waals surface area contributed by atoms with Gasteiger partial charge in [0.2, 0.25) is 0 Å². The monoisotopic (exact) mass is 315 g/mol. The second-order valence-electron chi connectivity index (χ2n) is 4.14. The van der Waals surface area contributed by atoms with Gasteiger partial charge in [0.05, 0.1) is 4.99 Å². The molecular formula is C12H18BrN3S. The maximum Gasteiger partial charge on any atom is 0.131 e. The van der Waals surface area contributed by atoms with Crippen LogP contribution in [0.25, 0.3) is 0 Å².